The maximum Gasteiger partial charge on any atom is 0.194 e. The number of nitrogens with zero attached hydrogens (tertiary/aromatic N) is 2. The van der Waals surface area contributed by atoms with Crippen molar-refractivity contribution in [3.05, 3.63) is 0 Å². The second-order valence-electron chi connectivity index (χ2n) is 6.50. The number of rotatable bonds is 4. The zero-order valence-corrected chi connectivity index (χ0v) is 13.6. The SMILES string of the molecule is CCNC(=NCC(OC)C(C)(C)C)N1CCC(O)CC1. The molecule has 0 radical (unpaired) electrons. The first-order valence-corrected chi connectivity index (χ1v) is 7.62. The molecule has 5 nitrogen and oxygen atoms in total. The maximum absolute atomic E-state index is 9.59. The van der Waals surface area contributed by atoms with E-state index in [0.717, 1.165) is 38.4 Å². The molecule has 0 spiro atoms. The van der Waals surface area contributed by atoms with Crippen LogP contribution in [0.5, 0.6) is 0 Å². The minimum Gasteiger partial charge on any atom is -0.393 e. The van der Waals surface area contributed by atoms with E-state index in [4.69, 9.17) is 9.73 Å². The van der Waals surface area contributed by atoms with E-state index in [-0.39, 0.29) is 17.6 Å². The summed E-state index contributed by atoms with van der Waals surface area (Å²) >= 11 is 0. The highest BCUT2D eigenvalue weighted by molar-refractivity contribution is 5.80. The Morgan fingerprint density at radius 2 is 2.00 bits per heavy atom. The van der Waals surface area contributed by atoms with Gasteiger partial charge in [0.1, 0.15) is 0 Å². The van der Waals surface area contributed by atoms with Gasteiger partial charge in [-0.15, -0.1) is 0 Å². The summed E-state index contributed by atoms with van der Waals surface area (Å²) in [6, 6.07) is 0. The molecule has 1 fully saturated rings. The first-order valence-electron chi connectivity index (χ1n) is 7.62. The molecule has 0 aromatic rings. The van der Waals surface area contributed by atoms with E-state index in [1.165, 1.54) is 0 Å². The number of piperidine rings is 1. The van der Waals surface area contributed by atoms with Crippen LogP contribution in [0.2, 0.25) is 0 Å². The van der Waals surface area contributed by atoms with Crippen LogP contribution in [0.15, 0.2) is 4.99 Å². The molecule has 1 heterocycles. The second-order valence-corrected chi connectivity index (χ2v) is 6.50. The zero-order valence-electron chi connectivity index (χ0n) is 13.6. The van der Waals surface area contributed by atoms with Crippen LogP contribution in [0.4, 0.5) is 0 Å². The highest BCUT2D eigenvalue weighted by Gasteiger charge is 2.25. The number of nitrogens with one attached hydrogen (secondary N) is 1. The van der Waals surface area contributed by atoms with E-state index in [1.54, 1.807) is 7.11 Å². The molecule has 118 valence electrons. The molecule has 0 amide bonds. The molecule has 1 rings (SSSR count). The van der Waals surface area contributed by atoms with Gasteiger partial charge in [0.25, 0.3) is 0 Å². The Morgan fingerprint density at radius 3 is 2.45 bits per heavy atom. The van der Waals surface area contributed by atoms with Crippen molar-refractivity contribution in [2.45, 2.75) is 52.7 Å². The number of likely N-dealkylation sites (tertiary alicyclic amines) is 1. The fraction of sp³-hybridized carbons (Fsp3) is 0.933. The number of aliphatic hydroxyl groups is 1. The summed E-state index contributed by atoms with van der Waals surface area (Å²) in [5.74, 6) is 0.936. The Balaban J connectivity index is 2.67. The van der Waals surface area contributed by atoms with Crippen LogP contribution < -0.4 is 5.32 Å². The Kier molecular flexibility index (Phi) is 6.76. The lowest BCUT2D eigenvalue weighted by atomic mass is 9.89. The van der Waals surface area contributed by atoms with Crippen molar-refractivity contribution in [3.63, 3.8) is 0 Å². The molecule has 5 heteroatoms. The van der Waals surface area contributed by atoms with Gasteiger partial charge in [-0.2, -0.15) is 0 Å². The minimum atomic E-state index is -0.157. The average molecular weight is 285 g/mol. The summed E-state index contributed by atoms with van der Waals surface area (Å²) in [7, 11) is 1.75. The topological polar surface area (TPSA) is 57.1 Å². The summed E-state index contributed by atoms with van der Waals surface area (Å²) in [6.45, 7) is 11.8. The van der Waals surface area contributed by atoms with Crippen molar-refractivity contribution in [1.29, 1.82) is 0 Å². The molecule has 0 saturated carbocycles. The van der Waals surface area contributed by atoms with Crippen molar-refractivity contribution in [2.24, 2.45) is 10.4 Å². The predicted molar refractivity (Wildman–Crippen MR) is 83.0 cm³/mol. The van der Waals surface area contributed by atoms with Crippen molar-refractivity contribution >= 4 is 5.96 Å². The van der Waals surface area contributed by atoms with E-state index in [9.17, 15) is 5.11 Å². The van der Waals surface area contributed by atoms with Crippen LogP contribution in [-0.4, -0.2) is 61.5 Å². The monoisotopic (exact) mass is 285 g/mol. The lowest BCUT2D eigenvalue weighted by Gasteiger charge is -2.33. The van der Waals surface area contributed by atoms with E-state index < -0.39 is 0 Å². The number of hydrogen-bond donors (Lipinski definition) is 2. The highest BCUT2D eigenvalue weighted by atomic mass is 16.5. The number of aliphatic imine (C=N–C) groups is 1. The van der Waals surface area contributed by atoms with Crippen molar-refractivity contribution in [1.82, 2.24) is 10.2 Å². The average Bonchev–Trinajstić information content (AvgIpc) is 2.37. The highest BCUT2D eigenvalue weighted by Crippen LogP contribution is 2.22. The van der Waals surface area contributed by atoms with Crippen LogP contribution in [0.25, 0.3) is 0 Å². The van der Waals surface area contributed by atoms with Gasteiger partial charge >= 0.3 is 0 Å². The van der Waals surface area contributed by atoms with Crippen LogP contribution >= 0.6 is 0 Å². The Bertz CT molecular complexity index is 305. The molecular formula is C15H31N3O2. The fourth-order valence-corrected chi connectivity index (χ4v) is 2.37. The summed E-state index contributed by atoms with van der Waals surface area (Å²) < 4.78 is 5.55. The van der Waals surface area contributed by atoms with Gasteiger partial charge in [0.05, 0.1) is 18.8 Å². The number of ether oxygens (including phenoxy) is 1. The van der Waals surface area contributed by atoms with E-state index >= 15 is 0 Å². The number of methoxy groups -OCH3 is 1. The fourth-order valence-electron chi connectivity index (χ4n) is 2.37. The van der Waals surface area contributed by atoms with Gasteiger partial charge in [0.2, 0.25) is 0 Å². The standard InChI is InChI=1S/C15H31N3O2/c1-6-16-14(18-9-7-12(19)8-10-18)17-11-13(20-5)15(2,3)4/h12-13,19H,6-11H2,1-5H3,(H,16,17). The Hall–Kier alpha value is -0.810. The van der Waals surface area contributed by atoms with Crippen LogP contribution in [0.1, 0.15) is 40.5 Å². The first kappa shape index (κ1) is 17.2. The summed E-state index contributed by atoms with van der Waals surface area (Å²) in [6.07, 6.45) is 1.58. The molecule has 1 atom stereocenters. The van der Waals surface area contributed by atoms with Gasteiger partial charge in [0, 0.05) is 26.7 Å². The zero-order chi connectivity index (χ0) is 15.2. The largest absolute Gasteiger partial charge is 0.393 e. The number of aliphatic hydroxyl groups excluding tert-OH is 1. The van der Waals surface area contributed by atoms with Gasteiger partial charge < -0.3 is 20.1 Å². The number of hydrogen-bond acceptors (Lipinski definition) is 3. The molecule has 1 unspecified atom stereocenters. The van der Waals surface area contributed by atoms with E-state index in [1.807, 2.05) is 0 Å². The molecule has 1 saturated heterocycles. The van der Waals surface area contributed by atoms with Gasteiger partial charge in [-0.3, -0.25) is 4.99 Å². The van der Waals surface area contributed by atoms with Crippen molar-refractivity contribution in [2.75, 3.05) is 33.3 Å². The number of guanidine groups is 1. The molecular weight excluding hydrogens is 254 g/mol. The quantitative estimate of drug-likeness (QED) is 0.607. The van der Waals surface area contributed by atoms with E-state index in [0.29, 0.717) is 6.54 Å². The summed E-state index contributed by atoms with van der Waals surface area (Å²) in [5, 5.41) is 12.9. The maximum atomic E-state index is 9.59. The van der Waals surface area contributed by atoms with Crippen molar-refractivity contribution < 1.29 is 9.84 Å². The molecule has 0 aromatic carbocycles. The normalized spacial score (nSPS) is 20.1. The Morgan fingerprint density at radius 1 is 1.40 bits per heavy atom. The third kappa shape index (κ3) is 5.29. The third-order valence-electron chi connectivity index (χ3n) is 3.76. The van der Waals surface area contributed by atoms with Gasteiger partial charge in [0.15, 0.2) is 5.96 Å². The Labute approximate surface area is 123 Å². The van der Waals surface area contributed by atoms with Crippen LogP contribution in [-0.2, 0) is 4.74 Å². The van der Waals surface area contributed by atoms with Gasteiger partial charge in [-0.1, -0.05) is 20.8 Å². The molecule has 0 bridgehead atoms. The molecule has 1 aliphatic heterocycles. The predicted octanol–water partition coefficient (Wildman–Crippen LogP) is 1.47. The van der Waals surface area contributed by atoms with Gasteiger partial charge in [-0.05, 0) is 25.2 Å². The van der Waals surface area contributed by atoms with Crippen LogP contribution in [0.3, 0.4) is 0 Å². The van der Waals surface area contributed by atoms with Gasteiger partial charge in [-0.25, -0.2) is 0 Å². The lowest BCUT2D eigenvalue weighted by Crippen LogP contribution is -2.47. The third-order valence-corrected chi connectivity index (χ3v) is 3.76. The summed E-state index contributed by atoms with van der Waals surface area (Å²) in [4.78, 5) is 6.95. The molecule has 0 aliphatic carbocycles. The molecule has 1 aliphatic rings. The lowest BCUT2D eigenvalue weighted by molar-refractivity contribution is 0.0238. The second kappa shape index (κ2) is 7.84. The van der Waals surface area contributed by atoms with E-state index in [2.05, 4.69) is 37.9 Å². The summed E-state index contributed by atoms with van der Waals surface area (Å²) in [5.41, 5.74) is 0.0771. The van der Waals surface area contributed by atoms with Crippen molar-refractivity contribution in [3.8, 4) is 0 Å². The molecule has 20 heavy (non-hydrogen) atoms. The smallest absolute Gasteiger partial charge is 0.194 e. The first-order chi connectivity index (χ1) is 9.38. The van der Waals surface area contributed by atoms with Crippen LogP contribution in [0, 0.1) is 5.41 Å². The minimum absolute atomic E-state index is 0.0771. The molecule has 2 N–H and O–H groups in total. The molecule has 0 aromatic heterocycles.